The van der Waals surface area contributed by atoms with Crippen molar-refractivity contribution in [3.05, 3.63) is 72.0 Å². The van der Waals surface area contributed by atoms with E-state index in [1.54, 1.807) is 24.9 Å². The van der Waals surface area contributed by atoms with Crippen molar-refractivity contribution in [2.75, 3.05) is 38.1 Å². The predicted octanol–water partition coefficient (Wildman–Crippen LogP) is 4.53. The van der Waals surface area contributed by atoms with E-state index in [9.17, 15) is 4.79 Å². The Morgan fingerprint density at radius 3 is 2.80 bits per heavy atom. The van der Waals surface area contributed by atoms with Crippen LogP contribution >= 0.6 is 11.6 Å². The van der Waals surface area contributed by atoms with Gasteiger partial charge in [0.25, 0.3) is 0 Å². The van der Waals surface area contributed by atoms with Gasteiger partial charge in [-0.05, 0) is 44.0 Å². The summed E-state index contributed by atoms with van der Waals surface area (Å²) in [5.41, 5.74) is 4.84. The van der Waals surface area contributed by atoms with E-state index < -0.39 is 0 Å². The van der Waals surface area contributed by atoms with Crippen molar-refractivity contribution in [3.8, 4) is 11.3 Å². The van der Waals surface area contributed by atoms with Crippen molar-refractivity contribution < 1.29 is 4.79 Å². The van der Waals surface area contributed by atoms with Gasteiger partial charge in [-0.3, -0.25) is 4.90 Å². The zero-order chi connectivity index (χ0) is 24.6. The molecule has 2 aliphatic heterocycles. The standard InChI is InChI=1S/C26H30ClN7O/c1-19(2)31(3)22-13-30-34(15-22)25(35)33-11-8-26(17-33)7-10-32(16-26)14-21-5-4-20(12-23(21)27)24-6-9-28-18-29-24/h4-6,9,12-13,15,18H,1,7-8,10-11,14,16-17H2,2-3H3. The third-order valence-corrected chi connectivity index (χ3v) is 7.63. The Labute approximate surface area is 210 Å². The maximum atomic E-state index is 13.1. The van der Waals surface area contributed by atoms with Crippen LogP contribution in [-0.4, -0.2) is 68.8 Å². The third kappa shape index (κ3) is 4.81. The quantitative estimate of drug-likeness (QED) is 0.522. The van der Waals surface area contributed by atoms with Crippen LogP contribution in [0.4, 0.5) is 10.5 Å². The molecule has 2 aromatic heterocycles. The van der Waals surface area contributed by atoms with Crippen molar-refractivity contribution in [2.24, 2.45) is 5.41 Å². The summed E-state index contributed by atoms with van der Waals surface area (Å²) < 4.78 is 1.44. The van der Waals surface area contributed by atoms with E-state index in [2.05, 4.69) is 38.7 Å². The maximum absolute atomic E-state index is 13.1. The minimum atomic E-state index is -0.0648. The number of carbonyl (C=O) groups excluding carboxylic acids is 1. The van der Waals surface area contributed by atoms with Gasteiger partial charge < -0.3 is 9.80 Å². The van der Waals surface area contributed by atoms with Gasteiger partial charge in [-0.2, -0.15) is 9.78 Å². The summed E-state index contributed by atoms with van der Waals surface area (Å²) in [5.74, 6) is 0. The number of benzene rings is 1. The first-order valence-electron chi connectivity index (χ1n) is 11.8. The van der Waals surface area contributed by atoms with Gasteiger partial charge in [0.15, 0.2) is 0 Å². The number of likely N-dealkylation sites (tertiary alicyclic amines) is 2. The zero-order valence-electron chi connectivity index (χ0n) is 20.2. The molecule has 182 valence electrons. The molecule has 2 fully saturated rings. The topological polar surface area (TPSA) is 70.4 Å². The summed E-state index contributed by atoms with van der Waals surface area (Å²) in [4.78, 5) is 27.7. The molecule has 8 nitrogen and oxygen atoms in total. The normalized spacial score (nSPS) is 20.0. The average molecular weight is 492 g/mol. The van der Waals surface area contributed by atoms with Crippen LogP contribution in [0, 0.1) is 5.41 Å². The number of rotatable bonds is 5. The highest BCUT2D eigenvalue weighted by Crippen LogP contribution is 2.40. The smallest absolute Gasteiger partial charge is 0.344 e. The van der Waals surface area contributed by atoms with Gasteiger partial charge in [-0.25, -0.2) is 14.8 Å². The highest BCUT2D eigenvalue weighted by Gasteiger charge is 2.45. The van der Waals surface area contributed by atoms with Crippen LogP contribution in [0.2, 0.25) is 5.02 Å². The minimum absolute atomic E-state index is 0.0648. The van der Waals surface area contributed by atoms with Crippen LogP contribution in [0.25, 0.3) is 11.3 Å². The summed E-state index contributed by atoms with van der Waals surface area (Å²) in [6, 6.07) is 7.95. The van der Waals surface area contributed by atoms with Crippen LogP contribution in [-0.2, 0) is 6.54 Å². The van der Waals surface area contributed by atoms with Crippen LogP contribution in [0.5, 0.6) is 0 Å². The number of nitrogens with zero attached hydrogens (tertiary/aromatic N) is 7. The molecule has 35 heavy (non-hydrogen) atoms. The van der Waals surface area contributed by atoms with Crippen LogP contribution in [0.1, 0.15) is 25.3 Å². The number of carbonyl (C=O) groups is 1. The van der Waals surface area contributed by atoms with Gasteiger partial charge in [-0.15, -0.1) is 0 Å². The first kappa shape index (κ1) is 23.5. The van der Waals surface area contributed by atoms with Gasteiger partial charge in [0.2, 0.25) is 0 Å². The molecule has 0 N–H and O–H groups in total. The van der Waals surface area contributed by atoms with Crippen LogP contribution in [0.15, 0.2) is 61.5 Å². The van der Waals surface area contributed by atoms with Gasteiger partial charge in [0.1, 0.15) is 6.33 Å². The fourth-order valence-corrected chi connectivity index (χ4v) is 5.33. The molecule has 3 aromatic rings. The minimum Gasteiger partial charge on any atom is -0.347 e. The van der Waals surface area contributed by atoms with Gasteiger partial charge in [0.05, 0.1) is 23.8 Å². The molecule has 1 atom stereocenters. The largest absolute Gasteiger partial charge is 0.347 e. The first-order valence-corrected chi connectivity index (χ1v) is 12.2. The monoisotopic (exact) mass is 491 g/mol. The van der Waals surface area contributed by atoms with E-state index in [4.69, 9.17) is 11.6 Å². The van der Waals surface area contributed by atoms with E-state index in [0.29, 0.717) is 0 Å². The Bertz CT molecular complexity index is 1240. The molecule has 0 radical (unpaired) electrons. The predicted molar refractivity (Wildman–Crippen MR) is 137 cm³/mol. The highest BCUT2D eigenvalue weighted by atomic mass is 35.5. The van der Waals surface area contributed by atoms with Crippen molar-refractivity contribution in [1.82, 2.24) is 29.5 Å². The molecular weight excluding hydrogens is 462 g/mol. The fourth-order valence-electron chi connectivity index (χ4n) is 5.09. The molecule has 0 saturated carbocycles. The Kier molecular flexibility index (Phi) is 6.34. The van der Waals surface area contributed by atoms with Gasteiger partial charge >= 0.3 is 6.03 Å². The fraction of sp³-hybridized carbons (Fsp3) is 0.385. The highest BCUT2D eigenvalue weighted by molar-refractivity contribution is 6.31. The van der Waals surface area contributed by atoms with E-state index in [0.717, 1.165) is 78.8 Å². The molecule has 5 rings (SSSR count). The number of hydrogen-bond donors (Lipinski definition) is 0. The van der Waals surface area contributed by atoms with E-state index in [-0.39, 0.29) is 11.4 Å². The van der Waals surface area contributed by atoms with Crippen molar-refractivity contribution >= 4 is 23.3 Å². The zero-order valence-corrected chi connectivity index (χ0v) is 20.9. The lowest BCUT2D eigenvalue weighted by molar-refractivity contribution is 0.196. The van der Waals surface area contributed by atoms with Crippen molar-refractivity contribution in [1.29, 1.82) is 0 Å². The first-order chi connectivity index (χ1) is 16.8. The molecule has 1 amide bonds. The Balaban J connectivity index is 1.21. The second-order valence-electron chi connectivity index (χ2n) is 9.75. The lowest BCUT2D eigenvalue weighted by atomic mass is 9.86. The third-order valence-electron chi connectivity index (χ3n) is 7.28. The second-order valence-corrected chi connectivity index (χ2v) is 10.2. The molecule has 0 aliphatic carbocycles. The number of aromatic nitrogens is 4. The summed E-state index contributed by atoms with van der Waals surface area (Å²) in [6.45, 7) is 10.2. The number of anilines is 1. The lowest BCUT2D eigenvalue weighted by Crippen LogP contribution is -2.36. The summed E-state index contributed by atoms with van der Waals surface area (Å²) in [6.07, 6.45) is 8.84. The Morgan fingerprint density at radius 1 is 1.23 bits per heavy atom. The summed E-state index contributed by atoms with van der Waals surface area (Å²) in [5, 5.41) is 5.05. The lowest BCUT2D eigenvalue weighted by Gasteiger charge is -2.25. The molecule has 9 heteroatoms. The number of hydrogen-bond acceptors (Lipinski definition) is 6. The average Bonchev–Trinajstić information content (AvgIpc) is 3.61. The molecule has 2 saturated heterocycles. The number of halogens is 1. The number of allylic oxidation sites excluding steroid dienone is 1. The molecule has 0 bridgehead atoms. The second kappa shape index (κ2) is 9.43. The van der Waals surface area contributed by atoms with Crippen LogP contribution < -0.4 is 4.90 Å². The molecule has 1 spiro atoms. The molecule has 2 aliphatic rings. The number of amides is 1. The van der Waals surface area contributed by atoms with Crippen molar-refractivity contribution in [3.63, 3.8) is 0 Å². The molecule has 1 aromatic carbocycles. The Morgan fingerprint density at radius 2 is 2.06 bits per heavy atom. The molecular formula is C26H30ClN7O. The van der Waals surface area contributed by atoms with Crippen molar-refractivity contribution in [2.45, 2.75) is 26.3 Å². The van der Waals surface area contributed by atoms with Crippen LogP contribution in [0.3, 0.4) is 0 Å². The Hall–Kier alpha value is -3.23. The van der Waals surface area contributed by atoms with E-state index in [1.165, 1.54) is 4.68 Å². The van der Waals surface area contributed by atoms with E-state index >= 15 is 0 Å². The van der Waals surface area contributed by atoms with Gasteiger partial charge in [-0.1, -0.05) is 30.3 Å². The van der Waals surface area contributed by atoms with Gasteiger partial charge in [0, 0.05) is 61.1 Å². The SMILES string of the molecule is C=C(C)N(C)c1cnn(C(=O)N2CCC3(CCN(Cc4ccc(-c5ccncn5)cc4Cl)C3)C2)c1. The summed E-state index contributed by atoms with van der Waals surface area (Å²) >= 11 is 6.64. The summed E-state index contributed by atoms with van der Waals surface area (Å²) in [7, 11) is 1.92. The maximum Gasteiger partial charge on any atom is 0.344 e. The molecule has 1 unspecified atom stereocenters. The molecule has 4 heterocycles. The van der Waals surface area contributed by atoms with E-state index in [1.807, 2.05) is 35.9 Å².